The van der Waals surface area contributed by atoms with Gasteiger partial charge in [-0.2, -0.15) is 0 Å². The molecule has 2 nitrogen and oxygen atoms in total. The van der Waals surface area contributed by atoms with E-state index in [4.69, 9.17) is 4.74 Å². The maximum absolute atomic E-state index is 13.6. The van der Waals surface area contributed by atoms with Crippen molar-refractivity contribution in [2.24, 2.45) is 0 Å². The van der Waals surface area contributed by atoms with Crippen LogP contribution >= 0.6 is 15.9 Å². The number of aryl methyl sites for hydroxylation is 1. The lowest BCUT2D eigenvalue weighted by atomic mass is 9.97. The molecule has 4 heteroatoms. The van der Waals surface area contributed by atoms with Crippen molar-refractivity contribution in [3.63, 3.8) is 0 Å². The van der Waals surface area contributed by atoms with Gasteiger partial charge in [0.15, 0.2) is 0 Å². The Bertz CT molecular complexity index is 659. The van der Waals surface area contributed by atoms with Crippen molar-refractivity contribution in [2.45, 2.75) is 19.4 Å². The molecular weight excluding hydrogens is 333 g/mol. The molecule has 2 aromatic rings. The first-order valence-corrected chi connectivity index (χ1v) is 7.83. The minimum Gasteiger partial charge on any atom is -0.382 e. The lowest BCUT2D eigenvalue weighted by Gasteiger charge is -2.27. The van der Waals surface area contributed by atoms with Gasteiger partial charge in [0.2, 0.25) is 0 Å². The highest BCUT2D eigenvalue weighted by Gasteiger charge is 2.20. The van der Waals surface area contributed by atoms with Crippen LogP contribution < -0.4 is 5.32 Å². The molecule has 110 valence electrons. The van der Waals surface area contributed by atoms with Crippen LogP contribution in [-0.2, 0) is 11.2 Å². The summed E-state index contributed by atoms with van der Waals surface area (Å²) in [5, 5.41) is 3.31. The summed E-state index contributed by atoms with van der Waals surface area (Å²) in [5.74, 6) is -0.256. The van der Waals surface area contributed by atoms with Crippen LogP contribution in [0, 0.1) is 12.7 Å². The number of nitrogens with one attached hydrogen (secondary N) is 1. The van der Waals surface area contributed by atoms with Crippen LogP contribution in [-0.4, -0.2) is 13.2 Å². The molecule has 1 heterocycles. The minimum absolute atomic E-state index is 0.0149. The van der Waals surface area contributed by atoms with Crippen LogP contribution in [0.4, 0.5) is 10.1 Å². The van der Waals surface area contributed by atoms with Crippen LogP contribution in [0.1, 0.15) is 22.8 Å². The number of anilines is 1. The van der Waals surface area contributed by atoms with E-state index in [2.05, 4.69) is 39.4 Å². The number of ether oxygens (including phenoxy) is 1. The summed E-state index contributed by atoms with van der Waals surface area (Å²) in [5.41, 5.74) is 4.38. The van der Waals surface area contributed by atoms with E-state index >= 15 is 0 Å². The first-order chi connectivity index (χ1) is 10.1. The predicted molar refractivity (Wildman–Crippen MR) is 86.2 cm³/mol. The van der Waals surface area contributed by atoms with E-state index in [1.54, 1.807) is 6.07 Å². The highest BCUT2D eigenvalue weighted by molar-refractivity contribution is 9.10. The molecule has 0 fully saturated rings. The van der Waals surface area contributed by atoms with Gasteiger partial charge in [0.1, 0.15) is 5.82 Å². The number of benzene rings is 2. The Morgan fingerprint density at radius 1 is 1.33 bits per heavy atom. The van der Waals surface area contributed by atoms with Crippen molar-refractivity contribution in [3.05, 3.63) is 63.4 Å². The quantitative estimate of drug-likeness (QED) is 0.872. The molecule has 1 unspecified atom stereocenters. The average molecular weight is 350 g/mol. The van der Waals surface area contributed by atoms with Crippen molar-refractivity contribution < 1.29 is 9.13 Å². The van der Waals surface area contributed by atoms with Gasteiger partial charge in [-0.3, -0.25) is 0 Å². The van der Waals surface area contributed by atoms with Gasteiger partial charge in [-0.05, 0) is 58.1 Å². The van der Waals surface area contributed by atoms with Gasteiger partial charge in [-0.25, -0.2) is 4.39 Å². The second-order valence-corrected chi connectivity index (χ2v) is 6.12. The first-order valence-electron chi connectivity index (χ1n) is 7.04. The number of fused-ring (bicyclic) bond motifs is 1. The minimum atomic E-state index is -0.256. The topological polar surface area (TPSA) is 21.3 Å². The van der Waals surface area contributed by atoms with Gasteiger partial charge in [0, 0.05) is 12.2 Å². The molecular formula is C17H17BrFNO. The second kappa shape index (κ2) is 6.16. The van der Waals surface area contributed by atoms with Gasteiger partial charge in [0.25, 0.3) is 0 Å². The fourth-order valence-corrected chi connectivity index (χ4v) is 3.14. The standard InChI is InChI=1S/C17H17BrFNO/c1-11-8-14(18)15(19)9-16(11)20-10-17-13-5-3-2-4-12(13)6-7-21-17/h2-5,8-9,17,20H,6-7,10H2,1H3. The van der Waals surface area contributed by atoms with Gasteiger partial charge in [-0.15, -0.1) is 0 Å². The average Bonchev–Trinajstić information content (AvgIpc) is 2.49. The van der Waals surface area contributed by atoms with Gasteiger partial charge in [-0.1, -0.05) is 24.3 Å². The van der Waals surface area contributed by atoms with E-state index in [1.807, 2.05) is 13.0 Å². The maximum atomic E-state index is 13.6. The van der Waals surface area contributed by atoms with Crippen LogP contribution in [0.25, 0.3) is 0 Å². The van der Waals surface area contributed by atoms with Gasteiger partial charge >= 0.3 is 0 Å². The number of hydrogen-bond donors (Lipinski definition) is 1. The van der Waals surface area contributed by atoms with E-state index in [0.29, 0.717) is 11.0 Å². The Hall–Kier alpha value is -1.39. The Kier molecular flexibility index (Phi) is 4.27. The molecule has 1 aliphatic rings. The molecule has 0 aliphatic carbocycles. The van der Waals surface area contributed by atoms with E-state index in [0.717, 1.165) is 24.3 Å². The fourth-order valence-electron chi connectivity index (χ4n) is 2.69. The van der Waals surface area contributed by atoms with Crippen LogP contribution in [0.3, 0.4) is 0 Å². The summed E-state index contributed by atoms with van der Waals surface area (Å²) in [7, 11) is 0. The SMILES string of the molecule is Cc1cc(Br)c(F)cc1NCC1OCCc2ccccc21. The van der Waals surface area contributed by atoms with Crippen molar-refractivity contribution in [1.29, 1.82) is 0 Å². The molecule has 0 saturated carbocycles. The molecule has 0 bridgehead atoms. The third-order valence-electron chi connectivity index (χ3n) is 3.84. The normalized spacial score (nSPS) is 17.4. The summed E-state index contributed by atoms with van der Waals surface area (Å²) in [4.78, 5) is 0. The van der Waals surface area contributed by atoms with Crippen molar-refractivity contribution in [2.75, 3.05) is 18.5 Å². The van der Waals surface area contributed by atoms with Gasteiger partial charge in [0.05, 0.1) is 17.2 Å². The largest absolute Gasteiger partial charge is 0.382 e. The van der Waals surface area contributed by atoms with Crippen LogP contribution in [0.5, 0.6) is 0 Å². The molecule has 2 aromatic carbocycles. The molecule has 1 N–H and O–H groups in total. The Morgan fingerprint density at radius 2 is 2.14 bits per heavy atom. The second-order valence-electron chi connectivity index (χ2n) is 5.27. The zero-order valence-corrected chi connectivity index (χ0v) is 13.4. The molecule has 1 atom stereocenters. The molecule has 0 amide bonds. The van der Waals surface area contributed by atoms with E-state index < -0.39 is 0 Å². The third kappa shape index (κ3) is 3.11. The number of rotatable bonds is 3. The zero-order chi connectivity index (χ0) is 14.8. The lowest BCUT2D eigenvalue weighted by Crippen LogP contribution is -2.23. The summed E-state index contributed by atoms with van der Waals surface area (Å²) >= 11 is 3.20. The Labute approximate surface area is 132 Å². The number of hydrogen-bond acceptors (Lipinski definition) is 2. The molecule has 3 rings (SSSR count). The summed E-state index contributed by atoms with van der Waals surface area (Å²) in [6.07, 6.45) is 0.972. The van der Waals surface area contributed by atoms with Crippen molar-refractivity contribution >= 4 is 21.6 Å². The third-order valence-corrected chi connectivity index (χ3v) is 4.45. The number of halogens is 2. The zero-order valence-electron chi connectivity index (χ0n) is 11.8. The maximum Gasteiger partial charge on any atom is 0.139 e. The lowest BCUT2D eigenvalue weighted by molar-refractivity contribution is 0.0513. The van der Waals surface area contributed by atoms with Crippen LogP contribution in [0.15, 0.2) is 40.9 Å². The highest BCUT2D eigenvalue weighted by atomic mass is 79.9. The summed E-state index contributed by atoms with van der Waals surface area (Å²) < 4.78 is 20.0. The summed E-state index contributed by atoms with van der Waals surface area (Å²) in [6, 6.07) is 11.7. The molecule has 1 aliphatic heterocycles. The predicted octanol–water partition coefficient (Wildman–Crippen LogP) is 4.62. The molecule has 21 heavy (non-hydrogen) atoms. The highest BCUT2D eigenvalue weighted by Crippen LogP contribution is 2.29. The van der Waals surface area contributed by atoms with E-state index in [9.17, 15) is 4.39 Å². The molecule has 0 spiro atoms. The van der Waals surface area contributed by atoms with Crippen molar-refractivity contribution in [3.8, 4) is 0 Å². The molecule has 0 radical (unpaired) electrons. The van der Waals surface area contributed by atoms with Crippen LogP contribution in [0.2, 0.25) is 0 Å². The molecule has 0 aromatic heterocycles. The smallest absolute Gasteiger partial charge is 0.139 e. The Morgan fingerprint density at radius 3 is 3.00 bits per heavy atom. The first kappa shape index (κ1) is 14.5. The van der Waals surface area contributed by atoms with Crippen molar-refractivity contribution in [1.82, 2.24) is 0 Å². The monoisotopic (exact) mass is 349 g/mol. The Balaban J connectivity index is 1.76. The fraction of sp³-hybridized carbons (Fsp3) is 0.294. The van der Waals surface area contributed by atoms with Gasteiger partial charge < -0.3 is 10.1 Å². The molecule has 0 saturated heterocycles. The van der Waals surface area contributed by atoms with E-state index in [1.165, 1.54) is 17.2 Å². The van der Waals surface area contributed by atoms with E-state index in [-0.39, 0.29) is 11.9 Å². The summed E-state index contributed by atoms with van der Waals surface area (Å²) in [6.45, 7) is 3.33.